The lowest BCUT2D eigenvalue weighted by atomic mass is 9.75. The summed E-state index contributed by atoms with van der Waals surface area (Å²) in [6.45, 7) is 12.4. The summed E-state index contributed by atoms with van der Waals surface area (Å²) >= 11 is 0. The first-order chi connectivity index (χ1) is 10.0. The van der Waals surface area contributed by atoms with Gasteiger partial charge in [-0.2, -0.15) is 0 Å². The first-order valence-electron chi connectivity index (χ1n) is 9.53. The molecule has 122 valence electrons. The van der Waals surface area contributed by atoms with Gasteiger partial charge in [0.25, 0.3) is 0 Å². The Morgan fingerprint density at radius 1 is 1.05 bits per heavy atom. The van der Waals surface area contributed by atoms with Crippen molar-refractivity contribution in [2.75, 3.05) is 13.1 Å². The predicted molar refractivity (Wildman–Crippen MR) is 90.5 cm³/mol. The zero-order valence-corrected chi connectivity index (χ0v) is 14.7. The van der Waals surface area contributed by atoms with Gasteiger partial charge in [0.2, 0.25) is 0 Å². The monoisotopic (exact) mass is 292 g/mol. The summed E-state index contributed by atoms with van der Waals surface area (Å²) in [4.78, 5) is 2.97. The Morgan fingerprint density at radius 3 is 2.43 bits per heavy atom. The molecule has 2 saturated carbocycles. The second-order valence-corrected chi connectivity index (χ2v) is 8.69. The molecule has 2 nitrogen and oxygen atoms in total. The average molecular weight is 293 g/mol. The van der Waals surface area contributed by atoms with Gasteiger partial charge in [0.05, 0.1) is 0 Å². The lowest BCUT2D eigenvalue weighted by Gasteiger charge is -2.54. The van der Waals surface area contributed by atoms with Crippen molar-refractivity contribution in [3.8, 4) is 0 Å². The van der Waals surface area contributed by atoms with Gasteiger partial charge in [-0.25, -0.2) is 0 Å². The summed E-state index contributed by atoms with van der Waals surface area (Å²) in [5, 5.41) is 3.98. The number of rotatable bonds is 2. The Bertz CT molecular complexity index is 345. The van der Waals surface area contributed by atoms with E-state index >= 15 is 0 Å². The summed E-state index contributed by atoms with van der Waals surface area (Å²) in [6.07, 6.45) is 10.0. The number of hydrogen-bond acceptors (Lipinski definition) is 2. The van der Waals surface area contributed by atoms with Crippen LogP contribution in [0.4, 0.5) is 0 Å². The van der Waals surface area contributed by atoms with Gasteiger partial charge in [0.15, 0.2) is 0 Å². The Hall–Kier alpha value is -0.0800. The van der Waals surface area contributed by atoms with Crippen LogP contribution in [0.2, 0.25) is 0 Å². The van der Waals surface area contributed by atoms with E-state index in [4.69, 9.17) is 0 Å². The Kier molecular flexibility index (Phi) is 4.66. The topological polar surface area (TPSA) is 15.3 Å². The maximum atomic E-state index is 3.98. The number of piperazine rings is 1. The number of nitrogens with zero attached hydrogens (tertiary/aromatic N) is 1. The first-order valence-corrected chi connectivity index (χ1v) is 9.53. The Morgan fingerprint density at radius 2 is 1.76 bits per heavy atom. The van der Waals surface area contributed by atoms with Crippen LogP contribution < -0.4 is 5.32 Å². The van der Waals surface area contributed by atoms with Crippen molar-refractivity contribution in [1.29, 1.82) is 0 Å². The standard InChI is InChI=1S/C19H36N2/c1-14(2)18-12-20-19(10-5-6-11-19)13-21(18)17-9-7-8-15(3)16(17)4/h14-18,20H,5-13H2,1-4H3. The lowest BCUT2D eigenvalue weighted by Crippen LogP contribution is -2.67. The third kappa shape index (κ3) is 3.03. The summed E-state index contributed by atoms with van der Waals surface area (Å²) in [7, 11) is 0. The number of hydrogen-bond donors (Lipinski definition) is 1. The van der Waals surface area contributed by atoms with E-state index in [0.717, 1.165) is 29.8 Å². The molecule has 4 unspecified atom stereocenters. The molecule has 1 spiro atoms. The normalized spacial score (nSPS) is 41.0. The molecule has 2 aliphatic carbocycles. The number of nitrogens with one attached hydrogen (secondary N) is 1. The van der Waals surface area contributed by atoms with Crippen LogP contribution in [0.1, 0.15) is 72.6 Å². The largest absolute Gasteiger partial charge is 0.308 e. The second kappa shape index (κ2) is 6.20. The van der Waals surface area contributed by atoms with E-state index in [-0.39, 0.29) is 0 Å². The van der Waals surface area contributed by atoms with Crippen molar-refractivity contribution in [1.82, 2.24) is 10.2 Å². The van der Waals surface area contributed by atoms with Crippen molar-refractivity contribution in [3.05, 3.63) is 0 Å². The molecule has 0 radical (unpaired) electrons. The van der Waals surface area contributed by atoms with E-state index in [0.29, 0.717) is 5.54 Å². The molecule has 1 saturated heterocycles. The minimum Gasteiger partial charge on any atom is -0.308 e. The van der Waals surface area contributed by atoms with Crippen LogP contribution in [0.3, 0.4) is 0 Å². The van der Waals surface area contributed by atoms with Crippen molar-refractivity contribution in [2.24, 2.45) is 17.8 Å². The van der Waals surface area contributed by atoms with Crippen molar-refractivity contribution < 1.29 is 0 Å². The van der Waals surface area contributed by atoms with Crippen molar-refractivity contribution >= 4 is 0 Å². The zero-order chi connectivity index (χ0) is 15.0. The van der Waals surface area contributed by atoms with E-state index in [1.807, 2.05) is 0 Å². The highest BCUT2D eigenvalue weighted by Gasteiger charge is 2.45. The molecule has 2 heteroatoms. The first kappa shape index (κ1) is 15.8. The molecule has 1 heterocycles. The molecule has 3 aliphatic rings. The van der Waals surface area contributed by atoms with Crippen LogP contribution >= 0.6 is 0 Å². The van der Waals surface area contributed by atoms with Gasteiger partial charge >= 0.3 is 0 Å². The highest BCUT2D eigenvalue weighted by Crippen LogP contribution is 2.40. The molecular weight excluding hydrogens is 256 g/mol. The van der Waals surface area contributed by atoms with E-state index in [9.17, 15) is 0 Å². The van der Waals surface area contributed by atoms with E-state index < -0.39 is 0 Å². The average Bonchev–Trinajstić information content (AvgIpc) is 2.89. The predicted octanol–water partition coefficient (Wildman–Crippen LogP) is 4.05. The minimum absolute atomic E-state index is 0.464. The van der Waals surface area contributed by atoms with Gasteiger partial charge in [-0.1, -0.05) is 53.4 Å². The van der Waals surface area contributed by atoms with Crippen LogP contribution in [0.5, 0.6) is 0 Å². The van der Waals surface area contributed by atoms with Crippen molar-refractivity contribution in [2.45, 2.75) is 90.3 Å². The van der Waals surface area contributed by atoms with Crippen LogP contribution in [0.15, 0.2) is 0 Å². The molecule has 0 aromatic heterocycles. The molecule has 1 aliphatic heterocycles. The van der Waals surface area contributed by atoms with Crippen LogP contribution in [-0.2, 0) is 0 Å². The van der Waals surface area contributed by atoms with E-state index in [2.05, 4.69) is 37.9 Å². The Balaban J connectivity index is 1.79. The van der Waals surface area contributed by atoms with Gasteiger partial charge in [0, 0.05) is 30.7 Å². The molecular formula is C19H36N2. The summed E-state index contributed by atoms with van der Waals surface area (Å²) in [6, 6.07) is 1.58. The van der Waals surface area contributed by atoms with E-state index in [1.165, 1.54) is 58.0 Å². The summed E-state index contributed by atoms with van der Waals surface area (Å²) in [5.74, 6) is 2.54. The SMILES string of the molecule is CC(C)C1CNC2(CCCC2)CN1C1CCCC(C)C1C. The maximum Gasteiger partial charge on any atom is 0.0309 e. The molecule has 3 rings (SSSR count). The van der Waals surface area contributed by atoms with Crippen molar-refractivity contribution in [3.63, 3.8) is 0 Å². The molecule has 0 aromatic carbocycles. The molecule has 1 N–H and O–H groups in total. The molecule has 0 bridgehead atoms. The highest BCUT2D eigenvalue weighted by atomic mass is 15.3. The molecule has 4 atom stereocenters. The minimum atomic E-state index is 0.464. The lowest BCUT2D eigenvalue weighted by molar-refractivity contribution is -0.0205. The molecule has 0 aromatic rings. The van der Waals surface area contributed by atoms with Crippen LogP contribution in [0.25, 0.3) is 0 Å². The summed E-state index contributed by atoms with van der Waals surface area (Å²) < 4.78 is 0. The fraction of sp³-hybridized carbons (Fsp3) is 1.00. The van der Waals surface area contributed by atoms with Gasteiger partial charge < -0.3 is 5.32 Å². The summed E-state index contributed by atoms with van der Waals surface area (Å²) in [5.41, 5.74) is 0.464. The molecule has 3 fully saturated rings. The van der Waals surface area contributed by atoms with Gasteiger partial charge in [-0.3, -0.25) is 4.90 Å². The zero-order valence-electron chi connectivity index (χ0n) is 14.7. The molecule has 21 heavy (non-hydrogen) atoms. The van der Waals surface area contributed by atoms with Crippen LogP contribution in [0, 0.1) is 17.8 Å². The third-order valence-corrected chi connectivity index (χ3v) is 7.02. The quantitative estimate of drug-likeness (QED) is 0.826. The second-order valence-electron chi connectivity index (χ2n) is 8.69. The fourth-order valence-electron chi connectivity index (χ4n) is 5.35. The Labute approximate surface area is 132 Å². The van der Waals surface area contributed by atoms with Gasteiger partial charge in [0.1, 0.15) is 0 Å². The fourth-order valence-corrected chi connectivity index (χ4v) is 5.35. The molecule has 0 amide bonds. The van der Waals surface area contributed by atoms with E-state index in [1.54, 1.807) is 0 Å². The van der Waals surface area contributed by atoms with Gasteiger partial charge in [-0.15, -0.1) is 0 Å². The van der Waals surface area contributed by atoms with Gasteiger partial charge in [-0.05, 0) is 37.0 Å². The highest BCUT2D eigenvalue weighted by molar-refractivity contribution is 5.04. The van der Waals surface area contributed by atoms with Crippen LogP contribution in [-0.4, -0.2) is 35.6 Å². The third-order valence-electron chi connectivity index (χ3n) is 7.02. The smallest absolute Gasteiger partial charge is 0.0309 e. The maximum absolute atomic E-state index is 3.98.